The summed E-state index contributed by atoms with van der Waals surface area (Å²) in [4.78, 5) is 3.75. The van der Waals surface area contributed by atoms with Gasteiger partial charge in [0.15, 0.2) is 10.8 Å². The minimum absolute atomic E-state index is 0.0451. The Hall–Kier alpha value is -1.76. The minimum Gasteiger partial charge on any atom is -0.330 e. The predicted octanol–water partition coefficient (Wildman–Crippen LogP) is 6.88. The Kier molecular flexibility index (Phi) is 4.71. The molecule has 0 spiro atoms. The van der Waals surface area contributed by atoms with E-state index >= 15 is 0 Å². The molecule has 1 aromatic heterocycles. The molecule has 3 aromatic rings. The molecule has 2 nitrogen and oxygen atoms in total. The first-order valence-corrected chi connectivity index (χ1v) is 8.27. The van der Waals surface area contributed by atoms with Crippen LogP contribution in [0.3, 0.4) is 0 Å². The molecule has 1 heterocycles. The summed E-state index contributed by atoms with van der Waals surface area (Å²) in [6.07, 6.45) is -4.56. The highest BCUT2D eigenvalue weighted by Crippen LogP contribution is 2.43. The van der Waals surface area contributed by atoms with E-state index in [1.807, 2.05) is 0 Å². The molecule has 2 aromatic carbocycles. The van der Waals surface area contributed by atoms with Crippen LogP contribution in [0.1, 0.15) is 5.69 Å². The van der Waals surface area contributed by atoms with Crippen molar-refractivity contribution < 1.29 is 13.2 Å². The van der Waals surface area contributed by atoms with Gasteiger partial charge in [-0.1, -0.05) is 64.9 Å². The fraction of sp³-hybridized carbons (Fsp3) is 0.0625. The van der Waals surface area contributed by atoms with Crippen molar-refractivity contribution in [3.8, 4) is 10.4 Å². The number of hydrogen-bond acceptors (Lipinski definition) is 3. The Bertz CT molecular complexity index is 864. The second-order valence-corrected chi connectivity index (χ2v) is 6.65. The van der Waals surface area contributed by atoms with Crippen LogP contribution in [-0.2, 0) is 6.18 Å². The van der Waals surface area contributed by atoms with E-state index in [9.17, 15) is 13.2 Å². The highest BCUT2D eigenvalue weighted by molar-refractivity contribution is 7.19. The first-order valence-electron chi connectivity index (χ1n) is 6.70. The van der Waals surface area contributed by atoms with Crippen LogP contribution in [0.15, 0.2) is 48.5 Å². The third-order valence-electron chi connectivity index (χ3n) is 3.10. The molecular weight excluding hydrogens is 380 g/mol. The quantitative estimate of drug-likeness (QED) is 0.528. The van der Waals surface area contributed by atoms with Crippen LogP contribution in [0, 0.1) is 0 Å². The molecule has 0 aliphatic carbocycles. The van der Waals surface area contributed by atoms with Gasteiger partial charge in [-0.15, -0.1) is 0 Å². The number of nitrogens with zero attached hydrogens (tertiary/aromatic N) is 1. The highest BCUT2D eigenvalue weighted by Gasteiger charge is 2.38. The molecule has 0 saturated carbocycles. The molecule has 3 rings (SSSR count). The first kappa shape index (κ1) is 17.1. The molecule has 0 aliphatic rings. The van der Waals surface area contributed by atoms with Crippen molar-refractivity contribution in [3.63, 3.8) is 0 Å². The Morgan fingerprint density at radius 3 is 2.38 bits per heavy atom. The molecule has 0 aliphatic heterocycles. The first-order chi connectivity index (χ1) is 11.3. The van der Waals surface area contributed by atoms with Gasteiger partial charge in [0.25, 0.3) is 0 Å². The summed E-state index contributed by atoms with van der Waals surface area (Å²) >= 11 is 12.8. The summed E-state index contributed by atoms with van der Waals surface area (Å²) in [5, 5.41) is 3.65. The zero-order valence-electron chi connectivity index (χ0n) is 11.9. The summed E-state index contributed by atoms with van der Waals surface area (Å²) in [6, 6.07) is 13.0. The van der Waals surface area contributed by atoms with E-state index in [1.165, 1.54) is 6.07 Å². The molecule has 8 heteroatoms. The zero-order valence-corrected chi connectivity index (χ0v) is 14.2. The number of anilines is 2. The van der Waals surface area contributed by atoms with Gasteiger partial charge >= 0.3 is 6.18 Å². The molecule has 0 fully saturated rings. The second kappa shape index (κ2) is 6.63. The van der Waals surface area contributed by atoms with E-state index in [0.717, 1.165) is 11.3 Å². The number of alkyl halides is 3. The molecule has 0 radical (unpaired) electrons. The number of nitrogens with one attached hydrogen (secondary N) is 1. The molecular formula is C16H9Cl2F3N2S. The maximum Gasteiger partial charge on any atom is 0.434 e. The van der Waals surface area contributed by atoms with Gasteiger partial charge in [-0.2, -0.15) is 13.2 Å². The van der Waals surface area contributed by atoms with Gasteiger partial charge in [-0.25, -0.2) is 4.98 Å². The number of halogens is 5. The molecule has 0 bridgehead atoms. The molecule has 0 amide bonds. The van der Waals surface area contributed by atoms with Crippen molar-refractivity contribution in [1.82, 2.24) is 4.98 Å². The fourth-order valence-corrected chi connectivity index (χ4v) is 3.40. The number of rotatable bonds is 3. The Balaban J connectivity index is 2.04. The summed E-state index contributed by atoms with van der Waals surface area (Å²) in [5.41, 5.74) is -0.0850. The van der Waals surface area contributed by atoms with Gasteiger partial charge in [0.2, 0.25) is 0 Å². The van der Waals surface area contributed by atoms with E-state index in [4.69, 9.17) is 23.2 Å². The Morgan fingerprint density at radius 2 is 1.71 bits per heavy atom. The lowest BCUT2D eigenvalue weighted by atomic mass is 10.1. The van der Waals surface area contributed by atoms with Gasteiger partial charge < -0.3 is 5.32 Å². The van der Waals surface area contributed by atoms with Gasteiger partial charge in [0.05, 0.1) is 15.6 Å². The third kappa shape index (κ3) is 3.66. The van der Waals surface area contributed by atoms with Crippen LogP contribution in [0.2, 0.25) is 10.0 Å². The monoisotopic (exact) mass is 388 g/mol. The highest BCUT2D eigenvalue weighted by atomic mass is 35.5. The fourth-order valence-electron chi connectivity index (χ4n) is 2.06. The lowest BCUT2D eigenvalue weighted by molar-refractivity contribution is -0.140. The average molecular weight is 389 g/mol. The van der Waals surface area contributed by atoms with Crippen LogP contribution in [0.25, 0.3) is 10.4 Å². The van der Waals surface area contributed by atoms with E-state index in [1.54, 1.807) is 42.5 Å². The average Bonchev–Trinajstić information content (AvgIpc) is 2.96. The van der Waals surface area contributed by atoms with E-state index in [0.29, 0.717) is 21.3 Å². The van der Waals surface area contributed by atoms with E-state index in [-0.39, 0.29) is 10.0 Å². The Morgan fingerprint density at radius 1 is 1.00 bits per heavy atom. The van der Waals surface area contributed by atoms with Crippen molar-refractivity contribution in [2.45, 2.75) is 6.18 Å². The van der Waals surface area contributed by atoms with Gasteiger partial charge in [-0.05, 0) is 23.8 Å². The summed E-state index contributed by atoms with van der Waals surface area (Å²) in [6.45, 7) is 0. The maximum absolute atomic E-state index is 13.3. The molecule has 0 unspecified atom stereocenters. The van der Waals surface area contributed by atoms with Crippen molar-refractivity contribution in [3.05, 3.63) is 64.3 Å². The van der Waals surface area contributed by atoms with E-state index < -0.39 is 11.9 Å². The summed E-state index contributed by atoms with van der Waals surface area (Å²) in [5.74, 6) is 0. The van der Waals surface area contributed by atoms with Gasteiger partial charge in [-0.3, -0.25) is 0 Å². The molecule has 0 atom stereocenters. The smallest absolute Gasteiger partial charge is 0.330 e. The normalized spacial score (nSPS) is 11.5. The molecule has 24 heavy (non-hydrogen) atoms. The molecule has 124 valence electrons. The van der Waals surface area contributed by atoms with Crippen molar-refractivity contribution in [2.75, 3.05) is 5.32 Å². The standard InChI is InChI=1S/C16H9Cl2F3N2S/c17-10-6-7-11(18)12(8-10)22-15-23-14(16(19,20)21)13(24-15)9-4-2-1-3-5-9/h1-8H,(H,22,23). The zero-order chi connectivity index (χ0) is 17.3. The number of hydrogen-bond donors (Lipinski definition) is 1. The molecule has 0 saturated heterocycles. The minimum atomic E-state index is -4.56. The maximum atomic E-state index is 13.3. The van der Waals surface area contributed by atoms with Gasteiger partial charge in [0.1, 0.15) is 0 Å². The van der Waals surface area contributed by atoms with Crippen LogP contribution in [0.5, 0.6) is 0 Å². The number of benzene rings is 2. The van der Waals surface area contributed by atoms with Crippen molar-refractivity contribution in [1.29, 1.82) is 0 Å². The largest absolute Gasteiger partial charge is 0.434 e. The van der Waals surface area contributed by atoms with Crippen molar-refractivity contribution >= 4 is 45.4 Å². The van der Waals surface area contributed by atoms with Crippen molar-refractivity contribution in [2.24, 2.45) is 0 Å². The third-order valence-corrected chi connectivity index (χ3v) is 4.69. The summed E-state index contributed by atoms with van der Waals surface area (Å²) in [7, 11) is 0. The van der Waals surface area contributed by atoms with Crippen LogP contribution < -0.4 is 5.32 Å². The predicted molar refractivity (Wildman–Crippen MR) is 92.3 cm³/mol. The van der Waals surface area contributed by atoms with Gasteiger partial charge in [0, 0.05) is 5.02 Å². The van der Waals surface area contributed by atoms with E-state index in [2.05, 4.69) is 10.3 Å². The topological polar surface area (TPSA) is 24.9 Å². The number of thiazole rings is 1. The molecule has 1 N–H and O–H groups in total. The Labute approximate surface area is 149 Å². The number of aromatic nitrogens is 1. The van der Waals surface area contributed by atoms with Crippen LogP contribution >= 0.6 is 34.5 Å². The second-order valence-electron chi connectivity index (χ2n) is 4.81. The SMILES string of the molecule is FC(F)(F)c1nc(Nc2cc(Cl)ccc2Cl)sc1-c1ccccc1. The van der Waals surface area contributed by atoms with Crippen LogP contribution in [0.4, 0.5) is 24.0 Å². The summed E-state index contributed by atoms with van der Waals surface area (Å²) < 4.78 is 39.9. The lowest BCUT2D eigenvalue weighted by Crippen LogP contribution is -2.07. The lowest BCUT2D eigenvalue weighted by Gasteiger charge is -2.06. The van der Waals surface area contributed by atoms with Crippen LogP contribution in [-0.4, -0.2) is 4.98 Å².